The van der Waals surface area contributed by atoms with Crippen molar-refractivity contribution in [3.05, 3.63) is 16.8 Å². The quantitative estimate of drug-likeness (QED) is 0.213. The van der Waals surface area contributed by atoms with E-state index in [4.69, 9.17) is 4.74 Å². The predicted octanol–water partition coefficient (Wildman–Crippen LogP) is 3.89. The molecular formula is C13H12I3O5S-. The van der Waals surface area contributed by atoms with Crippen molar-refractivity contribution in [1.82, 2.24) is 0 Å². The van der Waals surface area contributed by atoms with Crippen LogP contribution in [-0.2, 0) is 14.9 Å². The Bertz CT molecular complexity index is 696. The van der Waals surface area contributed by atoms with E-state index in [0.29, 0.717) is 7.14 Å². The van der Waals surface area contributed by atoms with Gasteiger partial charge in [-0.3, -0.25) is 4.79 Å². The Morgan fingerprint density at radius 3 is 2.27 bits per heavy atom. The van der Waals surface area contributed by atoms with E-state index in [1.807, 2.05) is 22.6 Å². The maximum Gasteiger partial charge on any atom is 0.314 e. The van der Waals surface area contributed by atoms with E-state index >= 15 is 0 Å². The summed E-state index contributed by atoms with van der Waals surface area (Å²) in [5.41, 5.74) is 0. The number of ether oxygens (including phenoxy) is 1. The standard InChI is InChI=1S/C13H13I3O5S/c14-8-6-9(15)12(22(18,19)20)10(16)11(8)21-13(17)7-4-2-1-3-5-7/h6-7H,1-5H2,(H,18,19,20)/p-1. The van der Waals surface area contributed by atoms with Crippen LogP contribution in [0.15, 0.2) is 11.0 Å². The molecule has 2 rings (SSSR count). The molecule has 122 valence electrons. The fourth-order valence-corrected chi connectivity index (χ4v) is 8.22. The third kappa shape index (κ3) is 4.45. The van der Waals surface area contributed by atoms with Gasteiger partial charge in [0.2, 0.25) is 0 Å². The van der Waals surface area contributed by atoms with Crippen LogP contribution in [0, 0.1) is 16.6 Å². The molecule has 9 heteroatoms. The van der Waals surface area contributed by atoms with Crippen molar-refractivity contribution in [3.63, 3.8) is 0 Å². The van der Waals surface area contributed by atoms with Gasteiger partial charge in [-0.15, -0.1) is 0 Å². The average Bonchev–Trinajstić information content (AvgIpc) is 2.42. The molecule has 1 aliphatic carbocycles. The van der Waals surface area contributed by atoms with Crippen LogP contribution in [0.1, 0.15) is 32.1 Å². The number of esters is 1. The van der Waals surface area contributed by atoms with Crippen LogP contribution in [0.4, 0.5) is 0 Å². The first-order valence-electron chi connectivity index (χ1n) is 6.57. The minimum Gasteiger partial charge on any atom is -0.744 e. The molecule has 1 saturated carbocycles. The van der Waals surface area contributed by atoms with Crippen molar-refractivity contribution in [2.75, 3.05) is 0 Å². The Morgan fingerprint density at radius 1 is 1.14 bits per heavy atom. The van der Waals surface area contributed by atoms with E-state index < -0.39 is 10.1 Å². The first kappa shape index (κ1) is 19.1. The van der Waals surface area contributed by atoms with Gasteiger partial charge in [-0.1, -0.05) is 19.3 Å². The molecule has 0 aliphatic heterocycles. The Hall–Kier alpha value is 0.790. The minimum absolute atomic E-state index is 0.146. The molecule has 1 aliphatic rings. The van der Waals surface area contributed by atoms with Gasteiger partial charge in [0.1, 0.15) is 10.1 Å². The first-order chi connectivity index (χ1) is 10.2. The molecule has 0 saturated heterocycles. The van der Waals surface area contributed by atoms with Gasteiger partial charge in [0.05, 0.1) is 18.0 Å². The summed E-state index contributed by atoms with van der Waals surface area (Å²) in [6, 6.07) is 1.54. The van der Waals surface area contributed by atoms with Crippen LogP contribution in [-0.4, -0.2) is 18.9 Å². The number of carbonyl (C=O) groups is 1. The lowest BCUT2D eigenvalue weighted by atomic mass is 9.89. The van der Waals surface area contributed by atoms with Crippen molar-refractivity contribution in [3.8, 4) is 5.75 Å². The van der Waals surface area contributed by atoms with Crippen molar-refractivity contribution in [2.45, 2.75) is 37.0 Å². The first-order valence-corrected chi connectivity index (χ1v) is 11.2. The van der Waals surface area contributed by atoms with Gasteiger partial charge >= 0.3 is 5.97 Å². The molecule has 1 fully saturated rings. The summed E-state index contributed by atoms with van der Waals surface area (Å²) in [6.45, 7) is 0. The van der Waals surface area contributed by atoms with Crippen molar-refractivity contribution >= 4 is 83.9 Å². The van der Waals surface area contributed by atoms with E-state index in [9.17, 15) is 17.8 Å². The van der Waals surface area contributed by atoms with Gasteiger partial charge in [-0.05, 0) is 86.7 Å². The second-order valence-electron chi connectivity index (χ2n) is 5.02. The number of carbonyl (C=O) groups excluding carboxylic acids is 1. The topological polar surface area (TPSA) is 83.5 Å². The molecule has 5 nitrogen and oxygen atoms in total. The Labute approximate surface area is 170 Å². The maximum absolute atomic E-state index is 12.3. The number of halogens is 3. The molecule has 0 aromatic heterocycles. The summed E-state index contributed by atoms with van der Waals surface area (Å²) in [5, 5.41) is 0. The summed E-state index contributed by atoms with van der Waals surface area (Å²) in [7, 11) is -4.62. The molecule has 0 spiro atoms. The zero-order chi connectivity index (χ0) is 16.5. The fraction of sp³-hybridized carbons (Fsp3) is 0.462. The number of hydrogen-bond donors (Lipinski definition) is 0. The van der Waals surface area contributed by atoms with E-state index in [1.54, 1.807) is 45.2 Å². The van der Waals surface area contributed by atoms with Gasteiger partial charge in [-0.2, -0.15) is 0 Å². The monoisotopic (exact) mass is 661 g/mol. The third-order valence-electron chi connectivity index (χ3n) is 3.48. The molecule has 22 heavy (non-hydrogen) atoms. The summed E-state index contributed by atoms with van der Waals surface area (Å²) in [5.74, 6) is -0.315. The molecule has 0 heterocycles. The maximum atomic E-state index is 12.3. The summed E-state index contributed by atoms with van der Waals surface area (Å²) in [6.07, 6.45) is 4.72. The van der Waals surface area contributed by atoms with Crippen LogP contribution < -0.4 is 4.74 Å². The number of rotatable bonds is 3. The lowest BCUT2D eigenvalue weighted by Gasteiger charge is -2.21. The molecule has 0 radical (unpaired) electrons. The highest BCUT2D eigenvalue weighted by atomic mass is 127. The van der Waals surface area contributed by atoms with Crippen LogP contribution >= 0.6 is 67.8 Å². The molecule has 0 N–H and O–H groups in total. The van der Waals surface area contributed by atoms with Crippen LogP contribution in [0.2, 0.25) is 0 Å². The Kier molecular flexibility index (Phi) is 6.76. The fourth-order valence-electron chi connectivity index (χ4n) is 2.40. The third-order valence-corrected chi connectivity index (χ3v) is 7.81. The van der Waals surface area contributed by atoms with Gasteiger partial charge in [0.15, 0.2) is 5.75 Å². The lowest BCUT2D eigenvalue weighted by Crippen LogP contribution is -2.24. The van der Waals surface area contributed by atoms with Crippen LogP contribution in [0.3, 0.4) is 0 Å². The van der Waals surface area contributed by atoms with Gasteiger partial charge in [0, 0.05) is 3.57 Å². The highest BCUT2D eigenvalue weighted by Crippen LogP contribution is 2.37. The van der Waals surface area contributed by atoms with E-state index in [1.165, 1.54) is 6.07 Å². The molecule has 0 amide bonds. The van der Waals surface area contributed by atoms with E-state index in [-0.39, 0.29) is 26.1 Å². The zero-order valence-corrected chi connectivity index (χ0v) is 18.6. The molecule has 0 unspecified atom stereocenters. The Balaban J connectivity index is 2.37. The minimum atomic E-state index is -4.62. The molecule has 0 bridgehead atoms. The molecule has 1 aromatic carbocycles. The van der Waals surface area contributed by atoms with Crippen molar-refractivity contribution in [2.24, 2.45) is 5.92 Å². The van der Waals surface area contributed by atoms with Crippen molar-refractivity contribution in [1.29, 1.82) is 0 Å². The largest absolute Gasteiger partial charge is 0.744 e. The van der Waals surface area contributed by atoms with Crippen LogP contribution in [0.25, 0.3) is 0 Å². The molecule has 1 aromatic rings. The van der Waals surface area contributed by atoms with Gasteiger partial charge in [0.25, 0.3) is 0 Å². The summed E-state index contributed by atoms with van der Waals surface area (Å²) in [4.78, 5) is 11.9. The average molecular weight is 661 g/mol. The SMILES string of the molecule is O=C(Oc1c(I)cc(I)c(S(=O)(=O)[O-])c1I)C1CCCCC1. The molecular weight excluding hydrogens is 649 g/mol. The van der Waals surface area contributed by atoms with Gasteiger partial charge in [-0.25, -0.2) is 8.42 Å². The summed E-state index contributed by atoms with van der Waals surface area (Å²) >= 11 is 5.53. The number of hydrogen-bond acceptors (Lipinski definition) is 5. The predicted molar refractivity (Wildman–Crippen MR) is 105 cm³/mol. The van der Waals surface area contributed by atoms with E-state index in [2.05, 4.69) is 0 Å². The lowest BCUT2D eigenvalue weighted by molar-refractivity contribution is -0.140. The Morgan fingerprint density at radius 2 is 1.73 bits per heavy atom. The van der Waals surface area contributed by atoms with E-state index in [0.717, 1.165) is 32.1 Å². The van der Waals surface area contributed by atoms with Gasteiger partial charge < -0.3 is 9.29 Å². The highest BCUT2D eigenvalue weighted by Gasteiger charge is 2.26. The number of benzene rings is 1. The normalized spacial score (nSPS) is 16.5. The highest BCUT2D eigenvalue weighted by molar-refractivity contribution is 14.1. The summed E-state index contributed by atoms with van der Waals surface area (Å²) < 4.78 is 40.8. The zero-order valence-electron chi connectivity index (χ0n) is 11.3. The second kappa shape index (κ2) is 7.78. The smallest absolute Gasteiger partial charge is 0.314 e. The second-order valence-corrected chi connectivity index (χ2v) is 9.74. The van der Waals surface area contributed by atoms with Crippen LogP contribution in [0.5, 0.6) is 5.75 Å². The van der Waals surface area contributed by atoms with Crippen molar-refractivity contribution < 1.29 is 22.5 Å². The molecule has 0 atom stereocenters.